The molecule has 1 fully saturated rings. The van der Waals surface area contributed by atoms with E-state index in [1.54, 1.807) is 29.4 Å². The van der Waals surface area contributed by atoms with Gasteiger partial charge in [-0.2, -0.15) is 0 Å². The lowest BCUT2D eigenvalue weighted by Crippen LogP contribution is -2.48. The third kappa shape index (κ3) is 2.86. The number of pyridine rings is 1. The number of nitrogens with zero attached hydrogens (tertiary/aromatic N) is 2. The number of aliphatic hydroxyl groups is 1. The van der Waals surface area contributed by atoms with E-state index in [4.69, 9.17) is 5.73 Å². The summed E-state index contributed by atoms with van der Waals surface area (Å²) in [6, 6.07) is 2.45. The number of hydrogen-bond acceptors (Lipinski definition) is 4. The number of aromatic nitrogens is 1. The van der Waals surface area contributed by atoms with Crippen molar-refractivity contribution in [2.24, 2.45) is 5.73 Å². The van der Waals surface area contributed by atoms with Crippen molar-refractivity contribution in [1.29, 1.82) is 0 Å². The van der Waals surface area contributed by atoms with Gasteiger partial charge in [-0.3, -0.25) is 9.78 Å². The van der Waals surface area contributed by atoms with Crippen molar-refractivity contribution in [3.63, 3.8) is 0 Å². The molecule has 1 aromatic rings. The summed E-state index contributed by atoms with van der Waals surface area (Å²) in [6.07, 6.45) is 5.38. The van der Waals surface area contributed by atoms with Gasteiger partial charge in [0.15, 0.2) is 0 Å². The second-order valence-electron chi connectivity index (χ2n) is 4.64. The first-order valence-corrected chi connectivity index (χ1v) is 6.32. The van der Waals surface area contributed by atoms with Gasteiger partial charge in [0, 0.05) is 25.5 Å². The van der Waals surface area contributed by atoms with Crippen molar-refractivity contribution >= 4 is 5.91 Å². The molecule has 0 bridgehead atoms. The predicted octanol–water partition coefficient (Wildman–Crippen LogP) is 0.455. The van der Waals surface area contributed by atoms with Crippen molar-refractivity contribution in [2.75, 3.05) is 13.1 Å². The minimum Gasteiger partial charge on any atom is -0.386 e. The standard InChI is InChI=1S/C13H19N3O2/c14-11(12(17)10-4-6-15-7-5-10)13(18)16-8-2-1-3-9-16/h4-7,11-12,17H,1-3,8-9,14H2/t11?,12-/m0/s1. The number of hydrogen-bond donors (Lipinski definition) is 2. The van der Waals surface area contributed by atoms with Gasteiger partial charge in [-0.05, 0) is 37.0 Å². The smallest absolute Gasteiger partial charge is 0.242 e. The first-order valence-electron chi connectivity index (χ1n) is 6.32. The van der Waals surface area contributed by atoms with Crippen molar-refractivity contribution in [1.82, 2.24) is 9.88 Å². The van der Waals surface area contributed by atoms with Crippen LogP contribution in [0.2, 0.25) is 0 Å². The van der Waals surface area contributed by atoms with Gasteiger partial charge >= 0.3 is 0 Å². The van der Waals surface area contributed by atoms with Crippen molar-refractivity contribution in [3.8, 4) is 0 Å². The maximum Gasteiger partial charge on any atom is 0.242 e. The normalized spacial score (nSPS) is 19.3. The van der Waals surface area contributed by atoms with Crippen LogP contribution in [-0.2, 0) is 4.79 Å². The number of aliphatic hydroxyl groups excluding tert-OH is 1. The molecule has 0 saturated carbocycles. The summed E-state index contributed by atoms with van der Waals surface area (Å²) in [5, 5.41) is 10.1. The number of nitrogens with two attached hydrogens (primary N) is 1. The first kappa shape index (κ1) is 13.0. The predicted molar refractivity (Wildman–Crippen MR) is 67.6 cm³/mol. The van der Waals surface area contributed by atoms with Gasteiger partial charge in [0.1, 0.15) is 12.1 Å². The Labute approximate surface area is 107 Å². The van der Waals surface area contributed by atoms with Crippen molar-refractivity contribution in [2.45, 2.75) is 31.4 Å². The summed E-state index contributed by atoms with van der Waals surface area (Å²) >= 11 is 0. The molecule has 2 rings (SSSR count). The zero-order valence-electron chi connectivity index (χ0n) is 10.3. The molecular formula is C13H19N3O2. The highest BCUT2D eigenvalue weighted by Crippen LogP contribution is 2.18. The Hall–Kier alpha value is -1.46. The number of rotatable bonds is 3. The molecule has 1 amide bonds. The van der Waals surface area contributed by atoms with E-state index in [0.717, 1.165) is 32.4 Å². The van der Waals surface area contributed by atoms with Crippen LogP contribution in [0, 0.1) is 0 Å². The lowest BCUT2D eigenvalue weighted by atomic mass is 10.0. The summed E-state index contributed by atoms with van der Waals surface area (Å²) in [6.45, 7) is 1.49. The van der Waals surface area contributed by atoms with E-state index in [-0.39, 0.29) is 5.91 Å². The second-order valence-corrected chi connectivity index (χ2v) is 4.64. The highest BCUT2D eigenvalue weighted by atomic mass is 16.3. The molecule has 5 nitrogen and oxygen atoms in total. The topological polar surface area (TPSA) is 79.5 Å². The average molecular weight is 249 g/mol. The number of piperidine rings is 1. The fourth-order valence-corrected chi connectivity index (χ4v) is 2.23. The lowest BCUT2D eigenvalue weighted by molar-refractivity contribution is -0.136. The molecule has 3 N–H and O–H groups in total. The van der Waals surface area contributed by atoms with Gasteiger partial charge in [0.25, 0.3) is 0 Å². The molecule has 1 unspecified atom stereocenters. The van der Waals surface area contributed by atoms with Gasteiger partial charge in [0.2, 0.25) is 5.91 Å². The van der Waals surface area contributed by atoms with Crippen LogP contribution < -0.4 is 5.73 Å². The molecule has 2 heterocycles. The van der Waals surface area contributed by atoms with E-state index in [0.29, 0.717) is 5.56 Å². The molecule has 0 aromatic carbocycles. The Bertz CT molecular complexity index is 390. The second kappa shape index (κ2) is 5.93. The molecule has 1 saturated heterocycles. The maximum atomic E-state index is 12.1. The molecule has 18 heavy (non-hydrogen) atoms. The van der Waals surface area contributed by atoms with E-state index < -0.39 is 12.1 Å². The Kier molecular flexibility index (Phi) is 4.28. The van der Waals surface area contributed by atoms with Gasteiger partial charge < -0.3 is 15.7 Å². The summed E-state index contributed by atoms with van der Waals surface area (Å²) in [4.78, 5) is 17.8. The van der Waals surface area contributed by atoms with E-state index in [2.05, 4.69) is 4.98 Å². The van der Waals surface area contributed by atoms with Gasteiger partial charge in [-0.15, -0.1) is 0 Å². The Morgan fingerprint density at radius 2 is 1.89 bits per heavy atom. The SMILES string of the molecule is NC(C(=O)N1CCCCC1)[C@@H](O)c1ccncc1. The Morgan fingerprint density at radius 1 is 1.28 bits per heavy atom. The summed E-state index contributed by atoms with van der Waals surface area (Å²) in [7, 11) is 0. The fourth-order valence-electron chi connectivity index (χ4n) is 2.23. The van der Waals surface area contributed by atoms with Gasteiger partial charge in [-0.25, -0.2) is 0 Å². The zero-order valence-corrected chi connectivity index (χ0v) is 10.3. The van der Waals surface area contributed by atoms with Crippen molar-refractivity contribution in [3.05, 3.63) is 30.1 Å². The van der Waals surface area contributed by atoms with E-state index >= 15 is 0 Å². The number of carbonyl (C=O) groups excluding carboxylic acids is 1. The van der Waals surface area contributed by atoms with E-state index in [1.165, 1.54) is 0 Å². The number of likely N-dealkylation sites (tertiary alicyclic amines) is 1. The minimum absolute atomic E-state index is 0.168. The van der Waals surface area contributed by atoms with Crippen LogP contribution in [0.1, 0.15) is 30.9 Å². The minimum atomic E-state index is -0.970. The van der Waals surface area contributed by atoms with Gasteiger partial charge in [0.05, 0.1) is 0 Å². The average Bonchev–Trinajstić information content (AvgIpc) is 2.47. The monoisotopic (exact) mass is 249 g/mol. The highest BCUT2D eigenvalue weighted by Gasteiger charge is 2.28. The van der Waals surface area contributed by atoms with Crippen LogP contribution in [0.25, 0.3) is 0 Å². The quantitative estimate of drug-likeness (QED) is 0.815. The van der Waals surface area contributed by atoms with Crippen LogP contribution in [0.4, 0.5) is 0 Å². The number of amides is 1. The molecule has 98 valence electrons. The highest BCUT2D eigenvalue weighted by molar-refractivity contribution is 5.82. The molecule has 0 spiro atoms. The fraction of sp³-hybridized carbons (Fsp3) is 0.538. The summed E-state index contributed by atoms with van der Waals surface area (Å²) in [5.74, 6) is -0.168. The van der Waals surface area contributed by atoms with Gasteiger partial charge in [-0.1, -0.05) is 0 Å². The molecular weight excluding hydrogens is 230 g/mol. The summed E-state index contributed by atoms with van der Waals surface area (Å²) in [5.41, 5.74) is 6.49. The maximum absolute atomic E-state index is 12.1. The Balaban J connectivity index is 2.01. The molecule has 1 aliphatic heterocycles. The van der Waals surface area contributed by atoms with Crippen LogP contribution in [0.3, 0.4) is 0 Å². The largest absolute Gasteiger partial charge is 0.386 e. The van der Waals surface area contributed by atoms with Crippen molar-refractivity contribution < 1.29 is 9.90 Å². The Morgan fingerprint density at radius 3 is 2.50 bits per heavy atom. The third-order valence-corrected chi connectivity index (χ3v) is 3.34. The third-order valence-electron chi connectivity index (χ3n) is 3.34. The van der Waals surface area contributed by atoms with E-state index in [9.17, 15) is 9.90 Å². The molecule has 5 heteroatoms. The van der Waals surface area contributed by atoms with Crippen LogP contribution in [0.15, 0.2) is 24.5 Å². The molecule has 1 aromatic heterocycles. The molecule has 1 aliphatic rings. The van der Waals surface area contributed by atoms with Crippen LogP contribution in [0.5, 0.6) is 0 Å². The zero-order chi connectivity index (χ0) is 13.0. The van der Waals surface area contributed by atoms with Crippen LogP contribution >= 0.6 is 0 Å². The first-order chi connectivity index (χ1) is 8.70. The van der Waals surface area contributed by atoms with E-state index in [1.807, 2.05) is 0 Å². The summed E-state index contributed by atoms with van der Waals surface area (Å²) < 4.78 is 0. The molecule has 0 radical (unpaired) electrons. The lowest BCUT2D eigenvalue weighted by Gasteiger charge is -2.30. The molecule has 2 atom stereocenters. The van der Waals surface area contributed by atoms with Crippen LogP contribution in [-0.4, -0.2) is 40.0 Å². The molecule has 0 aliphatic carbocycles. The number of carbonyl (C=O) groups is 1.